The molecule has 0 N–H and O–H groups in total. The average molecular weight is 335 g/mol. The standard InChI is InChI=1S/C17H25N3O4/c1-17(2,3)16(21)19-9-5-8-18(10-11-19)13-6-7-14(20(22)23)15(12-13)24-4/h6-7,12H,5,8-11H2,1-4H3. The van der Waals surface area contributed by atoms with Gasteiger partial charge in [0.2, 0.25) is 5.91 Å². The number of hydrogen-bond donors (Lipinski definition) is 0. The van der Waals surface area contributed by atoms with E-state index in [9.17, 15) is 14.9 Å². The van der Waals surface area contributed by atoms with E-state index >= 15 is 0 Å². The number of rotatable bonds is 3. The molecule has 24 heavy (non-hydrogen) atoms. The third kappa shape index (κ3) is 3.96. The summed E-state index contributed by atoms with van der Waals surface area (Å²) in [7, 11) is 1.43. The smallest absolute Gasteiger partial charge is 0.311 e. The van der Waals surface area contributed by atoms with Crippen LogP contribution in [0.15, 0.2) is 18.2 Å². The summed E-state index contributed by atoms with van der Waals surface area (Å²) in [5.41, 5.74) is 0.453. The van der Waals surface area contributed by atoms with Crippen molar-refractivity contribution in [3.8, 4) is 5.75 Å². The maximum Gasteiger partial charge on any atom is 0.311 e. The fourth-order valence-corrected chi connectivity index (χ4v) is 2.87. The van der Waals surface area contributed by atoms with E-state index in [-0.39, 0.29) is 22.8 Å². The van der Waals surface area contributed by atoms with Crippen molar-refractivity contribution >= 4 is 17.3 Å². The summed E-state index contributed by atoms with van der Waals surface area (Å²) in [6.07, 6.45) is 0.862. The van der Waals surface area contributed by atoms with Crippen LogP contribution in [0.2, 0.25) is 0 Å². The van der Waals surface area contributed by atoms with Gasteiger partial charge in [-0.15, -0.1) is 0 Å². The van der Waals surface area contributed by atoms with Gasteiger partial charge in [-0.3, -0.25) is 14.9 Å². The van der Waals surface area contributed by atoms with Gasteiger partial charge in [-0.2, -0.15) is 0 Å². The lowest BCUT2D eigenvalue weighted by Crippen LogP contribution is -2.41. The Labute approximate surface area is 142 Å². The lowest BCUT2D eigenvalue weighted by Gasteiger charge is -2.28. The van der Waals surface area contributed by atoms with Gasteiger partial charge in [0, 0.05) is 49.4 Å². The first-order valence-corrected chi connectivity index (χ1v) is 8.11. The molecule has 0 saturated carbocycles. The van der Waals surface area contributed by atoms with Gasteiger partial charge in [0.05, 0.1) is 12.0 Å². The molecular formula is C17H25N3O4. The minimum absolute atomic E-state index is 0.0411. The zero-order valence-corrected chi connectivity index (χ0v) is 14.7. The van der Waals surface area contributed by atoms with Gasteiger partial charge in [0.1, 0.15) is 0 Å². The molecule has 0 aliphatic carbocycles. The van der Waals surface area contributed by atoms with E-state index in [0.29, 0.717) is 13.1 Å². The van der Waals surface area contributed by atoms with Crippen molar-refractivity contribution < 1.29 is 14.5 Å². The van der Waals surface area contributed by atoms with Crippen molar-refractivity contribution in [2.45, 2.75) is 27.2 Å². The topological polar surface area (TPSA) is 75.9 Å². The van der Waals surface area contributed by atoms with E-state index in [2.05, 4.69) is 4.90 Å². The number of ether oxygens (including phenoxy) is 1. The van der Waals surface area contributed by atoms with Crippen LogP contribution in [0.3, 0.4) is 0 Å². The first kappa shape index (κ1) is 18.0. The van der Waals surface area contributed by atoms with Crippen LogP contribution >= 0.6 is 0 Å². The number of nitrogens with zero attached hydrogens (tertiary/aromatic N) is 3. The van der Waals surface area contributed by atoms with Gasteiger partial charge < -0.3 is 14.5 Å². The molecule has 132 valence electrons. The third-order valence-electron chi connectivity index (χ3n) is 4.15. The van der Waals surface area contributed by atoms with Crippen LogP contribution in [0.5, 0.6) is 5.75 Å². The molecule has 7 nitrogen and oxygen atoms in total. The molecule has 7 heteroatoms. The molecule has 0 atom stereocenters. The molecule has 0 radical (unpaired) electrons. The second-order valence-corrected chi connectivity index (χ2v) is 7.00. The molecule has 1 aliphatic heterocycles. The highest BCUT2D eigenvalue weighted by Crippen LogP contribution is 2.32. The predicted octanol–water partition coefficient (Wildman–Crippen LogP) is 2.69. The predicted molar refractivity (Wildman–Crippen MR) is 92.5 cm³/mol. The SMILES string of the molecule is COc1cc(N2CCCN(C(=O)C(C)(C)C)CC2)ccc1[N+](=O)[O-]. The normalized spacial score (nSPS) is 15.8. The largest absolute Gasteiger partial charge is 0.490 e. The molecule has 0 unspecified atom stereocenters. The number of nitro benzene ring substituents is 1. The highest BCUT2D eigenvalue weighted by Gasteiger charge is 2.29. The molecule has 0 bridgehead atoms. The van der Waals surface area contributed by atoms with E-state index in [0.717, 1.165) is 25.2 Å². The van der Waals surface area contributed by atoms with Gasteiger partial charge >= 0.3 is 5.69 Å². The van der Waals surface area contributed by atoms with Crippen molar-refractivity contribution in [3.05, 3.63) is 28.3 Å². The Morgan fingerprint density at radius 3 is 2.50 bits per heavy atom. The number of anilines is 1. The van der Waals surface area contributed by atoms with Crippen molar-refractivity contribution in [1.82, 2.24) is 4.90 Å². The van der Waals surface area contributed by atoms with E-state index in [1.807, 2.05) is 25.7 Å². The summed E-state index contributed by atoms with van der Waals surface area (Å²) >= 11 is 0. The Morgan fingerprint density at radius 1 is 1.21 bits per heavy atom. The van der Waals surface area contributed by atoms with Crippen molar-refractivity contribution in [2.24, 2.45) is 5.41 Å². The van der Waals surface area contributed by atoms with Crippen LogP contribution < -0.4 is 9.64 Å². The second kappa shape index (κ2) is 7.07. The zero-order valence-electron chi connectivity index (χ0n) is 14.7. The Morgan fingerprint density at radius 2 is 1.92 bits per heavy atom. The summed E-state index contributed by atoms with van der Waals surface area (Å²) in [6, 6.07) is 4.90. The van der Waals surface area contributed by atoms with Crippen LogP contribution in [-0.2, 0) is 4.79 Å². The number of carbonyl (C=O) groups is 1. The Bertz CT molecular complexity index is 625. The van der Waals surface area contributed by atoms with E-state index in [1.165, 1.54) is 13.2 Å². The number of amides is 1. The molecule has 0 spiro atoms. The Balaban J connectivity index is 2.14. The van der Waals surface area contributed by atoms with Crippen molar-refractivity contribution in [3.63, 3.8) is 0 Å². The number of carbonyl (C=O) groups excluding carboxylic acids is 1. The molecule has 1 aromatic carbocycles. The lowest BCUT2D eigenvalue weighted by atomic mass is 9.94. The monoisotopic (exact) mass is 335 g/mol. The second-order valence-electron chi connectivity index (χ2n) is 7.00. The number of benzene rings is 1. The fourth-order valence-electron chi connectivity index (χ4n) is 2.87. The molecule has 1 heterocycles. The van der Waals surface area contributed by atoms with Crippen LogP contribution in [0.4, 0.5) is 11.4 Å². The number of hydrogen-bond acceptors (Lipinski definition) is 5. The third-order valence-corrected chi connectivity index (χ3v) is 4.15. The molecule has 1 aliphatic rings. The van der Waals surface area contributed by atoms with E-state index in [4.69, 9.17) is 4.74 Å². The molecular weight excluding hydrogens is 310 g/mol. The van der Waals surface area contributed by atoms with Crippen LogP contribution in [0.25, 0.3) is 0 Å². The minimum Gasteiger partial charge on any atom is -0.490 e. The first-order valence-electron chi connectivity index (χ1n) is 8.11. The van der Waals surface area contributed by atoms with Crippen molar-refractivity contribution in [1.29, 1.82) is 0 Å². The molecule has 1 fully saturated rings. The molecule has 1 aromatic rings. The van der Waals surface area contributed by atoms with Gasteiger partial charge in [0.15, 0.2) is 5.75 Å². The Hall–Kier alpha value is -2.31. The van der Waals surface area contributed by atoms with Crippen LogP contribution in [0, 0.1) is 15.5 Å². The fraction of sp³-hybridized carbons (Fsp3) is 0.588. The Kier molecular flexibility index (Phi) is 5.31. The summed E-state index contributed by atoms with van der Waals surface area (Å²) in [4.78, 5) is 27.0. The molecule has 1 amide bonds. The van der Waals surface area contributed by atoms with Crippen LogP contribution in [0.1, 0.15) is 27.2 Å². The molecule has 2 rings (SSSR count). The quantitative estimate of drug-likeness (QED) is 0.627. The first-order chi connectivity index (χ1) is 11.2. The van der Waals surface area contributed by atoms with E-state index in [1.54, 1.807) is 12.1 Å². The summed E-state index contributed by atoms with van der Waals surface area (Å²) in [6.45, 7) is 8.67. The highest BCUT2D eigenvalue weighted by atomic mass is 16.6. The van der Waals surface area contributed by atoms with Gasteiger partial charge in [-0.05, 0) is 12.5 Å². The number of methoxy groups -OCH3 is 1. The van der Waals surface area contributed by atoms with Gasteiger partial charge in [-0.25, -0.2) is 0 Å². The van der Waals surface area contributed by atoms with Gasteiger partial charge in [-0.1, -0.05) is 20.8 Å². The summed E-state index contributed by atoms with van der Waals surface area (Å²) < 4.78 is 5.14. The van der Waals surface area contributed by atoms with Crippen molar-refractivity contribution in [2.75, 3.05) is 38.2 Å². The van der Waals surface area contributed by atoms with Gasteiger partial charge in [0.25, 0.3) is 0 Å². The highest BCUT2D eigenvalue weighted by molar-refractivity contribution is 5.81. The summed E-state index contributed by atoms with van der Waals surface area (Å²) in [5, 5.41) is 11.0. The zero-order chi connectivity index (χ0) is 17.9. The molecule has 0 aromatic heterocycles. The average Bonchev–Trinajstić information content (AvgIpc) is 2.78. The van der Waals surface area contributed by atoms with E-state index < -0.39 is 4.92 Å². The minimum atomic E-state index is -0.450. The number of nitro groups is 1. The van der Waals surface area contributed by atoms with Crippen LogP contribution in [-0.4, -0.2) is 49.0 Å². The summed E-state index contributed by atoms with van der Waals surface area (Å²) in [5.74, 6) is 0.412. The molecule has 1 saturated heterocycles. The maximum absolute atomic E-state index is 12.4. The maximum atomic E-state index is 12.4. The lowest BCUT2D eigenvalue weighted by molar-refractivity contribution is -0.385.